The number of amides is 3. The second kappa shape index (κ2) is 12.4. The molecule has 0 unspecified atom stereocenters. The van der Waals surface area contributed by atoms with Gasteiger partial charge in [0.2, 0.25) is 0 Å². The van der Waals surface area contributed by atoms with Crippen LogP contribution in [0.1, 0.15) is 69.9 Å². The Morgan fingerprint density at radius 3 is 2.61 bits per heavy atom. The van der Waals surface area contributed by atoms with Gasteiger partial charge < -0.3 is 10.1 Å². The van der Waals surface area contributed by atoms with E-state index in [4.69, 9.17) is 9.73 Å². The van der Waals surface area contributed by atoms with Crippen molar-refractivity contribution in [2.75, 3.05) is 11.9 Å². The molecule has 1 spiro atoms. The summed E-state index contributed by atoms with van der Waals surface area (Å²) in [4.78, 5) is 32.4. The van der Waals surface area contributed by atoms with E-state index >= 15 is 0 Å². The summed E-state index contributed by atoms with van der Waals surface area (Å²) in [5.74, 6) is 1.01. The van der Waals surface area contributed by atoms with Gasteiger partial charge in [0, 0.05) is 18.6 Å². The zero-order valence-corrected chi connectivity index (χ0v) is 22.7. The summed E-state index contributed by atoms with van der Waals surface area (Å²) < 4.78 is 30.4. The molecule has 9 nitrogen and oxygen atoms in total. The number of amidine groups is 1. The lowest BCUT2D eigenvalue weighted by Gasteiger charge is -2.23. The third-order valence-electron chi connectivity index (χ3n) is 7.07. The number of urea groups is 1. The fourth-order valence-corrected chi connectivity index (χ4v) is 5.43. The van der Waals surface area contributed by atoms with E-state index in [-0.39, 0.29) is 5.91 Å². The van der Waals surface area contributed by atoms with Crippen LogP contribution in [0.3, 0.4) is 0 Å². The molecule has 0 saturated heterocycles. The third-order valence-corrected chi connectivity index (χ3v) is 7.39. The van der Waals surface area contributed by atoms with E-state index in [2.05, 4.69) is 16.6 Å². The second-order valence-corrected chi connectivity index (χ2v) is 10.3. The number of unbranched alkanes of at least 4 members (excludes halogenated alkanes) is 1. The summed E-state index contributed by atoms with van der Waals surface area (Å²) >= 11 is 0. The molecular weight excluding hydrogens is 504 g/mol. The number of carbonyl (C=O) groups excluding carboxylic acids is 2. The molecule has 1 saturated carbocycles. The maximum Gasteiger partial charge on any atom is 0.360 e. The highest BCUT2D eigenvalue weighted by molar-refractivity contribution is 7.62. The zero-order valence-electron chi connectivity index (χ0n) is 21.9. The van der Waals surface area contributed by atoms with Gasteiger partial charge >= 0.3 is 16.5 Å². The van der Waals surface area contributed by atoms with Crippen LogP contribution in [0.15, 0.2) is 51.8 Å². The molecule has 2 aromatic rings. The Labute approximate surface area is 225 Å². The standard InChI is InChI=1S/C28H34N4O5S/c1-3-5-12-25-30-28(15-8-9-16-28)26(33)32(25)18-20-13-14-22(21(17-20)19-37-4-2)23-10-6-7-11-24(23)29-27(34)31-38(35)36/h6-7,10-11,13-14,17H,3-5,8-9,12,15-16,18-19H2,1-2H3,(H,29,34). The number of benzene rings is 2. The van der Waals surface area contributed by atoms with Crippen molar-refractivity contribution >= 4 is 34.0 Å². The minimum absolute atomic E-state index is 0.115. The number of carbonyl (C=O) groups is 2. The molecule has 4 rings (SSSR count). The fraction of sp³-hybridized carbons (Fsp3) is 0.464. The lowest BCUT2D eigenvalue weighted by atomic mass is 9.95. The first kappa shape index (κ1) is 27.7. The minimum Gasteiger partial charge on any atom is -0.377 e. The highest BCUT2D eigenvalue weighted by Crippen LogP contribution is 2.40. The molecule has 0 bridgehead atoms. The van der Waals surface area contributed by atoms with E-state index in [9.17, 15) is 18.0 Å². The number of hydrogen-bond donors (Lipinski definition) is 1. The van der Waals surface area contributed by atoms with E-state index < -0.39 is 22.1 Å². The minimum atomic E-state index is -2.85. The molecule has 1 heterocycles. The van der Waals surface area contributed by atoms with Crippen LogP contribution in [0.2, 0.25) is 0 Å². The van der Waals surface area contributed by atoms with Crippen LogP contribution in [0.4, 0.5) is 10.5 Å². The summed E-state index contributed by atoms with van der Waals surface area (Å²) in [6, 6.07) is 12.1. The van der Waals surface area contributed by atoms with Crippen molar-refractivity contribution in [3.8, 4) is 11.1 Å². The van der Waals surface area contributed by atoms with Crippen molar-refractivity contribution in [1.29, 1.82) is 0 Å². The predicted octanol–water partition coefficient (Wildman–Crippen LogP) is 5.73. The van der Waals surface area contributed by atoms with Crippen molar-refractivity contribution in [2.45, 2.75) is 77.5 Å². The number of anilines is 1. The van der Waals surface area contributed by atoms with E-state index in [0.717, 1.165) is 67.5 Å². The lowest BCUT2D eigenvalue weighted by Crippen LogP contribution is -2.40. The zero-order chi connectivity index (χ0) is 27.1. The van der Waals surface area contributed by atoms with E-state index in [1.54, 1.807) is 12.1 Å². The Morgan fingerprint density at radius 1 is 1.13 bits per heavy atom. The summed E-state index contributed by atoms with van der Waals surface area (Å²) in [6.45, 7) is 5.36. The summed E-state index contributed by atoms with van der Waals surface area (Å²) in [5, 5.41) is 2.55. The smallest absolute Gasteiger partial charge is 0.360 e. The highest BCUT2D eigenvalue weighted by atomic mass is 32.2. The van der Waals surface area contributed by atoms with Gasteiger partial charge in [-0.15, -0.1) is 0 Å². The average molecular weight is 539 g/mol. The van der Waals surface area contributed by atoms with Gasteiger partial charge in [-0.05, 0) is 48.9 Å². The average Bonchev–Trinajstić information content (AvgIpc) is 3.47. The Balaban J connectivity index is 1.66. The first-order chi connectivity index (χ1) is 18.4. The van der Waals surface area contributed by atoms with Crippen LogP contribution in [0, 0.1) is 0 Å². The summed E-state index contributed by atoms with van der Waals surface area (Å²) in [7, 11) is -2.85. The SMILES string of the molecule is CCCCC1=NC2(CCCC2)C(=O)N1Cc1ccc(-c2ccccc2NC(=O)N=S(=O)=O)c(COCC)c1. The summed E-state index contributed by atoms with van der Waals surface area (Å²) in [5.41, 5.74) is 3.26. The quantitative estimate of drug-likeness (QED) is 0.415. The molecule has 10 heteroatoms. The number of hydrogen-bond acceptors (Lipinski definition) is 6. The maximum absolute atomic E-state index is 13.6. The molecule has 202 valence electrons. The normalized spacial score (nSPS) is 16.1. The number of ether oxygens (including phenoxy) is 1. The molecule has 0 aromatic heterocycles. The molecule has 0 radical (unpaired) electrons. The van der Waals surface area contributed by atoms with Crippen molar-refractivity contribution < 1.29 is 22.7 Å². The van der Waals surface area contributed by atoms with Gasteiger partial charge in [-0.25, -0.2) is 4.79 Å². The van der Waals surface area contributed by atoms with Crippen LogP contribution in [-0.2, 0) is 33.2 Å². The van der Waals surface area contributed by atoms with Gasteiger partial charge in [-0.1, -0.05) is 66.9 Å². The summed E-state index contributed by atoms with van der Waals surface area (Å²) in [6.07, 6.45) is 6.52. The number of nitrogens with one attached hydrogen (secondary N) is 1. The van der Waals surface area contributed by atoms with E-state index in [1.807, 2.05) is 42.2 Å². The van der Waals surface area contributed by atoms with Crippen LogP contribution in [0.5, 0.6) is 0 Å². The number of aliphatic imine (C=N–C) groups is 1. The Bertz CT molecular complexity index is 1360. The van der Waals surface area contributed by atoms with Gasteiger partial charge in [0.15, 0.2) is 0 Å². The van der Waals surface area contributed by atoms with Crippen LogP contribution in [0.25, 0.3) is 11.1 Å². The molecule has 0 atom stereocenters. The van der Waals surface area contributed by atoms with Crippen molar-refractivity contribution in [2.24, 2.45) is 9.36 Å². The van der Waals surface area contributed by atoms with Crippen LogP contribution < -0.4 is 5.32 Å². The Morgan fingerprint density at radius 2 is 1.89 bits per heavy atom. The molecule has 38 heavy (non-hydrogen) atoms. The van der Waals surface area contributed by atoms with E-state index in [0.29, 0.717) is 31.0 Å². The largest absolute Gasteiger partial charge is 0.377 e. The first-order valence-corrected chi connectivity index (χ1v) is 14.2. The molecule has 3 amide bonds. The molecule has 1 fully saturated rings. The van der Waals surface area contributed by atoms with Gasteiger partial charge in [-0.3, -0.25) is 14.7 Å². The van der Waals surface area contributed by atoms with Crippen molar-refractivity contribution in [3.63, 3.8) is 0 Å². The molecular formula is C28H34N4O5S. The number of rotatable bonds is 10. The van der Waals surface area contributed by atoms with Crippen LogP contribution >= 0.6 is 0 Å². The van der Waals surface area contributed by atoms with Gasteiger partial charge in [0.05, 0.1) is 18.8 Å². The molecule has 1 N–H and O–H groups in total. The van der Waals surface area contributed by atoms with Gasteiger partial charge in [0.25, 0.3) is 5.91 Å². The lowest BCUT2D eigenvalue weighted by molar-refractivity contribution is -0.131. The van der Waals surface area contributed by atoms with Gasteiger partial charge in [-0.2, -0.15) is 8.42 Å². The maximum atomic E-state index is 13.6. The number of para-hydroxylation sites is 1. The Hall–Kier alpha value is -3.37. The highest BCUT2D eigenvalue weighted by Gasteiger charge is 2.49. The molecule has 1 aliphatic heterocycles. The topological polar surface area (TPSA) is 117 Å². The van der Waals surface area contributed by atoms with Gasteiger partial charge in [0.1, 0.15) is 11.4 Å². The predicted molar refractivity (Wildman–Crippen MR) is 146 cm³/mol. The van der Waals surface area contributed by atoms with Crippen molar-refractivity contribution in [1.82, 2.24) is 4.90 Å². The second-order valence-electron chi connectivity index (χ2n) is 9.67. The fourth-order valence-electron chi connectivity index (χ4n) is 5.25. The van der Waals surface area contributed by atoms with E-state index in [1.165, 1.54) is 0 Å². The molecule has 1 aliphatic carbocycles. The monoisotopic (exact) mass is 538 g/mol. The Kier molecular flexibility index (Phi) is 9.06. The first-order valence-electron chi connectivity index (χ1n) is 13.2. The van der Waals surface area contributed by atoms with Crippen LogP contribution in [-0.4, -0.2) is 43.2 Å². The number of nitrogens with zero attached hydrogens (tertiary/aromatic N) is 3. The molecule has 2 aromatic carbocycles. The molecule has 2 aliphatic rings. The van der Waals surface area contributed by atoms with Crippen molar-refractivity contribution in [3.05, 3.63) is 53.6 Å². The third kappa shape index (κ3) is 6.19.